The van der Waals surface area contributed by atoms with E-state index in [0.717, 1.165) is 18.0 Å². The lowest BCUT2D eigenvalue weighted by Crippen LogP contribution is -2.64. The van der Waals surface area contributed by atoms with Gasteiger partial charge in [-0.2, -0.15) is 0 Å². The van der Waals surface area contributed by atoms with Crippen molar-refractivity contribution in [2.24, 2.45) is 5.92 Å². The van der Waals surface area contributed by atoms with Crippen LogP contribution in [0.25, 0.3) is 0 Å². The zero-order chi connectivity index (χ0) is 14.0. The van der Waals surface area contributed by atoms with Crippen LogP contribution in [0.1, 0.15) is 32.6 Å². The highest BCUT2D eigenvalue weighted by Gasteiger charge is 2.36. The Morgan fingerprint density at radius 3 is 2.89 bits per heavy atom. The minimum atomic E-state index is 0.0104. The van der Waals surface area contributed by atoms with Crippen molar-refractivity contribution >= 4 is 17.2 Å². The molecule has 0 spiro atoms. The molecule has 1 saturated heterocycles. The summed E-state index contributed by atoms with van der Waals surface area (Å²) in [5.74, 6) is 0.742. The average molecular weight is 280 g/mol. The van der Waals surface area contributed by atoms with Gasteiger partial charge in [-0.3, -0.25) is 4.79 Å². The summed E-state index contributed by atoms with van der Waals surface area (Å²) < 4.78 is 0. The fourth-order valence-corrected chi connectivity index (χ4v) is 3.32. The Bertz CT molecular complexity index is 425. The maximum absolute atomic E-state index is 12.6. The molecule has 1 N–H and O–H groups in total. The summed E-state index contributed by atoms with van der Waals surface area (Å²) in [7, 11) is 0. The molecular weight excluding hydrogens is 256 g/mol. The fraction of sp³-hybridized carbons (Fsp3) is 0.667. The number of carbonyl (C=O) groups excluding carboxylic acids is 1. The first-order valence-electron chi connectivity index (χ1n) is 6.96. The first kappa shape index (κ1) is 14.5. The molecule has 1 fully saturated rings. The maximum atomic E-state index is 12.6. The van der Waals surface area contributed by atoms with Gasteiger partial charge in [-0.05, 0) is 31.2 Å². The van der Waals surface area contributed by atoms with Crippen molar-refractivity contribution in [3.63, 3.8) is 0 Å². The van der Waals surface area contributed by atoms with Gasteiger partial charge in [0.25, 0.3) is 0 Å². The molecule has 0 aromatic carbocycles. The van der Waals surface area contributed by atoms with Gasteiger partial charge in [0.05, 0.1) is 6.42 Å². The van der Waals surface area contributed by atoms with Crippen molar-refractivity contribution in [2.45, 2.75) is 45.7 Å². The third-order valence-electron chi connectivity index (χ3n) is 3.75. The van der Waals surface area contributed by atoms with Gasteiger partial charge in [-0.25, -0.2) is 0 Å². The summed E-state index contributed by atoms with van der Waals surface area (Å²) >= 11 is 1.66. The number of nitrogens with zero attached hydrogens (tertiary/aromatic N) is 1. The van der Waals surface area contributed by atoms with E-state index in [4.69, 9.17) is 0 Å². The number of hydrogen-bond acceptors (Lipinski definition) is 3. The molecule has 1 aliphatic rings. The molecule has 3 nitrogen and oxygen atoms in total. The van der Waals surface area contributed by atoms with Crippen molar-refractivity contribution < 1.29 is 4.79 Å². The van der Waals surface area contributed by atoms with Crippen LogP contribution in [0.5, 0.6) is 0 Å². The van der Waals surface area contributed by atoms with Crippen molar-refractivity contribution in [2.75, 3.05) is 13.1 Å². The third-order valence-corrected chi connectivity index (χ3v) is 4.63. The Balaban J connectivity index is 2.10. The first-order chi connectivity index (χ1) is 8.89. The van der Waals surface area contributed by atoms with E-state index in [1.807, 2.05) is 17.5 Å². The molecular formula is C15H24N2OS. The second kappa shape index (κ2) is 5.63. The monoisotopic (exact) mass is 280 g/mol. The normalized spacial score (nSPS) is 22.8. The van der Waals surface area contributed by atoms with Gasteiger partial charge in [-0.1, -0.05) is 19.9 Å². The van der Waals surface area contributed by atoms with Crippen LogP contribution in [-0.4, -0.2) is 35.5 Å². The van der Waals surface area contributed by atoms with Gasteiger partial charge in [-0.15, -0.1) is 11.3 Å². The number of amides is 1. The van der Waals surface area contributed by atoms with E-state index in [0.29, 0.717) is 18.4 Å². The van der Waals surface area contributed by atoms with E-state index in [9.17, 15) is 4.79 Å². The molecule has 0 radical (unpaired) electrons. The van der Waals surface area contributed by atoms with Gasteiger partial charge in [0.1, 0.15) is 0 Å². The minimum Gasteiger partial charge on any atom is -0.336 e. The number of hydrogen-bond donors (Lipinski definition) is 1. The number of nitrogens with one attached hydrogen (secondary N) is 1. The van der Waals surface area contributed by atoms with Crippen LogP contribution in [0, 0.1) is 5.92 Å². The lowest BCUT2D eigenvalue weighted by Gasteiger charge is -2.46. The van der Waals surface area contributed by atoms with Crippen LogP contribution in [-0.2, 0) is 11.2 Å². The molecule has 1 unspecified atom stereocenters. The summed E-state index contributed by atoms with van der Waals surface area (Å²) in [6.45, 7) is 10.4. The van der Waals surface area contributed by atoms with Crippen molar-refractivity contribution in [3.8, 4) is 0 Å². The summed E-state index contributed by atoms with van der Waals surface area (Å²) in [6.07, 6.45) is 0.539. The fourth-order valence-electron chi connectivity index (χ4n) is 2.62. The van der Waals surface area contributed by atoms with Gasteiger partial charge < -0.3 is 10.2 Å². The van der Waals surface area contributed by atoms with Crippen LogP contribution < -0.4 is 5.32 Å². The van der Waals surface area contributed by atoms with Crippen LogP contribution in [0.15, 0.2) is 17.5 Å². The van der Waals surface area contributed by atoms with Crippen molar-refractivity contribution in [1.82, 2.24) is 10.2 Å². The summed E-state index contributed by atoms with van der Waals surface area (Å²) in [5, 5.41) is 5.57. The zero-order valence-electron chi connectivity index (χ0n) is 12.3. The zero-order valence-corrected chi connectivity index (χ0v) is 13.1. The van der Waals surface area contributed by atoms with Gasteiger partial charge in [0, 0.05) is 29.5 Å². The second-order valence-corrected chi connectivity index (χ2v) is 7.39. The van der Waals surface area contributed by atoms with E-state index in [-0.39, 0.29) is 11.4 Å². The molecule has 0 saturated carbocycles. The van der Waals surface area contributed by atoms with Crippen molar-refractivity contribution in [3.05, 3.63) is 22.4 Å². The number of carbonyl (C=O) groups is 1. The molecule has 4 heteroatoms. The smallest absolute Gasteiger partial charge is 0.228 e. The van der Waals surface area contributed by atoms with E-state index in [2.05, 4.69) is 37.9 Å². The molecule has 1 aromatic rings. The standard InChI is InChI=1S/C15H24N2OS/c1-11(2)13-9-16-15(3,4)10-17(13)14(18)8-12-6-5-7-19-12/h5-7,11,13,16H,8-10H2,1-4H3. The van der Waals surface area contributed by atoms with Crippen molar-refractivity contribution in [1.29, 1.82) is 0 Å². The lowest BCUT2D eigenvalue weighted by molar-refractivity contribution is -0.136. The minimum absolute atomic E-state index is 0.0104. The first-order valence-corrected chi connectivity index (χ1v) is 7.84. The highest BCUT2D eigenvalue weighted by molar-refractivity contribution is 7.10. The van der Waals surface area contributed by atoms with Crippen LogP contribution >= 0.6 is 11.3 Å². The summed E-state index contributed by atoms with van der Waals surface area (Å²) in [5.41, 5.74) is 0.0104. The summed E-state index contributed by atoms with van der Waals surface area (Å²) in [4.78, 5) is 15.8. The molecule has 1 atom stereocenters. The number of rotatable bonds is 3. The van der Waals surface area contributed by atoms with Gasteiger partial charge in [0.15, 0.2) is 0 Å². The predicted octanol–water partition coefficient (Wildman–Crippen LogP) is 2.53. The largest absolute Gasteiger partial charge is 0.336 e. The number of piperazine rings is 1. The molecule has 1 amide bonds. The second-order valence-electron chi connectivity index (χ2n) is 6.35. The highest BCUT2D eigenvalue weighted by Crippen LogP contribution is 2.22. The van der Waals surface area contributed by atoms with Gasteiger partial charge in [0.2, 0.25) is 5.91 Å². The van der Waals surface area contributed by atoms with E-state index in [1.54, 1.807) is 11.3 Å². The Labute approximate surface area is 120 Å². The molecule has 2 rings (SSSR count). The molecule has 0 bridgehead atoms. The van der Waals surface area contributed by atoms with Crippen LogP contribution in [0.2, 0.25) is 0 Å². The molecule has 1 aliphatic heterocycles. The molecule has 1 aromatic heterocycles. The number of thiophene rings is 1. The van der Waals surface area contributed by atoms with Crippen LogP contribution in [0.3, 0.4) is 0 Å². The predicted molar refractivity (Wildman–Crippen MR) is 80.4 cm³/mol. The molecule has 106 valence electrons. The SMILES string of the molecule is CC(C)C1CNC(C)(C)CN1C(=O)Cc1cccs1. The molecule has 2 heterocycles. The highest BCUT2D eigenvalue weighted by atomic mass is 32.1. The third kappa shape index (κ3) is 3.57. The van der Waals surface area contributed by atoms with Gasteiger partial charge >= 0.3 is 0 Å². The molecule has 0 aliphatic carbocycles. The van der Waals surface area contributed by atoms with E-state index < -0.39 is 0 Å². The molecule has 19 heavy (non-hydrogen) atoms. The van der Waals surface area contributed by atoms with E-state index >= 15 is 0 Å². The topological polar surface area (TPSA) is 32.3 Å². The summed E-state index contributed by atoms with van der Waals surface area (Å²) in [6, 6.07) is 4.36. The quantitative estimate of drug-likeness (QED) is 0.923. The Morgan fingerprint density at radius 2 is 2.32 bits per heavy atom. The average Bonchev–Trinajstić information content (AvgIpc) is 2.80. The Hall–Kier alpha value is -0.870. The Kier molecular flexibility index (Phi) is 4.31. The van der Waals surface area contributed by atoms with E-state index in [1.165, 1.54) is 0 Å². The maximum Gasteiger partial charge on any atom is 0.228 e. The Morgan fingerprint density at radius 1 is 1.58 bits per heavy atom. The lowest BCUT2D eigenvalue weighted by atomic mass is 9.92. The van der Waals surface area contributed by atoms with Crippen LogP contribution in [0.4, 0.5) is 0 Å².